The third-order valence-corrected chi connectivity index (χ3v) is 37.3. The molecule has 0 atom stereocenters. The average molecular weight is 1820 g/mol. The lowest BCUT2D eigenvalue weighted by molar-refractivity contribution is 0.415. The Kier molecular flexibility index (Phi) is 36.5. The molecule has 0 bridgehead atoms. The van der Waals surface area contributed by atoms with Gasteiger partial charge in [0.2, 0.25) is 0 Å². The van der Waals surface area contributed by atoms with Crippen LogP contribution in [0.2, 0.25) is 0 Å². The number of methoxy groups -OCH3 is 3. The normalized spacial score (nSPS) is 10.7. The molecule has 131 heavy (non-hydrogen) atoms. The first-order chi connectivity index (χ1) is 64.0. The molecule has 18 aromatic carbocycles. The lowest BCUT2D eigenvalue weighted by Crippen LogP contribution is -2.25. The maximum absolute atomic E-state index is 5.30. The van der Waals surface area contributed by atoms with Crippen molar-refractivity contribution in [2.75, 3.05) is 21.3 Å². The molecule has 9 heteroatoms. The van der Waals surface area contributed by atoms with Gasteiger partial charge < -0.3 is 14.2 Å². The van der Waals surface area contributed by atoms with Crippen LogP contribution in [0.1, 0.15) is 55.6 Å². The largest absolute Gasteiger partial charge is 0.497 e. The van der Waals surface area contributed by atoms with Crippen LogP contribution >= 0.6 is 47.5 Å². The first-order valence-corrected chi connectivity index (χ1v) is 52.4. The zero-order chi connectivity index (χ0) is 91.6. The summed E-state index contributed by atoms with van der Waals surface area (Å²) in [6.07, 6.45) is 1.89. The van der Waals surface area contributed by atoms with E-state index < -0.39 is 47.5 Å². The SMILES string of the molecule is C=Cc1ccc(P(c2ccccc2)c2ccccc2)cc1.COc1ccc(P(c2ccc(OC)cc2)c2ccc(OC)cc2)cc1.Cc1ccc(P(c2ccc(C)cc2)c2ccc(C)cc2)cc1.Cc1cccc(P(c2cccc(C)c2)c2cccc(C)c2)c1.Cc1ccccc1P(c1ccccc1C)c1ccccc1C.c1ccc(P(c2ccccc2)c2ccccc2)cc1. The highest BCUT2D eigenvalue weighted by Gasteiger charge is 2.24. The van der Waals surface area contributed by atoms with E-state index in [1.54, 1.807) is 21.3 Å². The van der Waals surface area contributed by atoms with Gasteiger partial charge >= 0.3 is 0 Å². The fourth-order valence-electron chi connectivity index (χ4n) is 15.3. The van der Waals surface area contributed by atoms with Gasteiger partial charge in [-0.1, -0.05) is 477 Å². The molecule has 0 fully saturated rings. The summed E-state index contributed by atoms with van der Waals surface area (Å²) in [4.78, 5) is 0. The first-order valence-electron chi connectivity index (χ1n) is 44.3. The van der Waals surface area contributed by atoms with Crippen molar-refractivity contribution >= 4 is 149 Å². The fraction of sp³-hybridized carbons (Fsp3) is 0.0984. The molecule has 0 aliphatic rings. The summed E-state index contributed by atoms with van der Waals surface area (Å²) in [6, 6.07) is 168. The summed E-state index contributed by atoms with van der Waals surface area (Å²) in [7, 11) is 1.96. The Balaban J connectivity index is 0.000000134. The maximum Gasteiger partial charge on any atom is 0.118 e. The van der Waals surface area contributed by atoms with Crippen LogP contribution < -0.4 is 110 Å². The molecule has 0 N–H and O–H groups in total. The summed E-state index contributed by atoms with van der Waals surface area (Å²) in [5.74, 6) is 2.59. The summed E-state index contributed by atoms with van der Waals surface area (Å²) in [6.45, 7) is 23.4. The molecule has 0 amide bonds. The molecule has 0 unspecified atom stereocenters. The van der Waals surface area contributed by atoms with Crippen molar-refractivity contribution in [1.82, 2.24) is 0 Å². The predicted octanol–water partition coefficient (Wildman–Crippen LogP) is 24.1. The molecule has 0 aliphatic heterocycles. The van der Waals surface area contributed by atoms with Gasteiger partial charge in [-0.3, -0.25) is 0 Å². The third kappa shape index (κ3) is 27.2. The van der Waals surface area contributed by atoms with Gasteiger partial charge in [0.15, 0.2) is 0 Å². The number of aryl methyl sites for hydroxylation is 9. The predicted molar refractivity (Wildman–Crippen MR) is 583 cm³/mol. The summed E-state index contributed by atoms with van der Waals surface area (Å²) < 4.78 is 15.9. The van der Waals surface area contributed by atoms with Crippen LogP contribution in [-0.4, -0.2) is 21.3 Å². The fourth-order valence-corrected chi connectivity index (χ4v) is 29.7. The molecule has 0 spiro atoms. The number of ether oxygens (including phenoxy) is 3. The van der Waals surface area contributed by atoms with E-state index in [-0.39, 0.29) is 0 Å². The Hall–Kier alpha value is -12.3. The quantitative estimate of drug-likeness (QED) is 0.0633. The smallest absolute Gasteiger partial charge is 0.118 e. The molecule has 0 aliphatic carbocycles. The Morgan fingerprint density at radius 3 is 0.557 bits per heavy atom. The maximum atomic E-state index is 5.30. The van der Waals surface area contributed by atoms with Crippen LogP contribution in [0.25, 0.3) is 6.08 Å². The number of rotatable bonds is 22. The van der Waals surface area contributed by atoms with Gasteiger partial charge in [-0.25, -0.2) is 0 Å². The van der Waals surface area contributed by atoms with E-state index in [0.717, 1.165) is 22.8 Å². The molecule has 18 rings (SSSR count). The minimum atomic E-state index is -0.665. The van der Waals surface area contributed by atoms with E-state index in [4.69, 9.17) is 14.2 Å². The van der Waals surface area contributed by atoms with E-state index in [1.165, 1.54) is 146 Å². The van der Waals surface area contributed by atoms with Gasteiger partial charge in [-0.15, -0.1) is 0 Å². The minimum Gasteiger partial charge on any atom is -0.497 e. The topological polar surface area (TPSA) is 27.7 Å². The van der Waals surface area contributed by atoms with Crippen LogP contribution in [0.3, 0.4) is 0 Å². The monoisotopic (exact) mass is 1810 g/mol. The summed E-state index contributed by atoms with van der Waals surface area (Å²) in [5, 5.41) is 25.0. The Labute approximate surface area is 787 Å². The highest BCUT2D eigenvalue weighted by Crippen LogP contribution is 2.40. The van der Waals surface area contributed by atoms with Crippen molar-refractivity contribution in [3.8, 4) is 17.2 Å². The molecular formula is C122H116O3P6. The Morgan fingerprint density at radius 2 is 0.351 bits per heavy atom. The summed E-state index contributed by atoms with van der Waals surface area (Å²) in [5.41, 5.74) is 13.2. The molecule has 0 heterocycles. The zero-order valence-corrected chi connectivity index (χ0v) is 82.5. The van der Waals surface area contributed by atoms with Crippen molar-refractivity contribution in [2.24, 2.45) is 0 Å². The van der Waals surface area contributed by atoms with Gasteiger partial charge in [-0.05, 0) is 264 Å². The summed E-state index contributed by atoms with van der Waals surface area (Å²) >= 11 is 0. The Bertz CT molecular complexity index is 5930. The van der Waals surface area contributed by atoms with Gasteiger partial charge in [0.1, 0.15) is 17.2 Å². The number of hydrogen-bond acceptors (Lipinski definition) is 3. The zero-order valence-electron chi connectivity index (χ0n) is 77.1. The highest BCUT2D eigenvalue weighted by atomic mass is 31.1. The standard InChI is InChI=1S/C21H21O3P.3C21H21P.C20H17P.C18H15P/c1-22-16-4-10-19(11-5-16)25(20-12-6-17(23-2)7-13-20)21-14-8-18(24-3)9-15-21;1-16-4-10-19(11-5-16)22(20-12-6-17(2)7-13-20)21-14-8-18(3)9-15-21;1-16-7-4-10-19(13-16)22(20-11-5-8-17(2)14-20)21-12-6-9-18(3)15-21;1-16-10-4-7-13-19(16)22(20-14-8-5-11-17(20)2)21-15-9-6-12-18(21)3;1-2-17-13-15-20(16-14-17)21(18-9-5-3-6-10-18)19-11-7-4-8-12-19;1-4-10-16(11-5-1)19(17-12-6-2-7-13-17)18-14-8-3-9-15-18/h4-15H,1-3H3;3*4-15H,1-3H3;2-16H,1H2;1-15H. The van der Waals surface area contributed by atoms with Crippen LogP contribution in [-0.2, 0) is 0 Å². The molecule has 0 saturated heterocycles. The van der Waals surface area contributed by atoms with Crippen LogP contribution in [0.4, 0.5) is 0 Å². The van der Waals surface area contributed by atoms with E-state index >= 15 is 0 Å². The second-order valence-corrected chi connectivity index (χ2v) is 45.2. The van der Waals surface area contributed by atoms with E-state index in [9.17, 15) is 0 Å². The van der Waals surface area contributed by atoms with Crippen molar-refractivity contribution in [3.05, 3.63) is 529 Å². The van der Waals surface area contributed by atoms with E-state index in [1.807, 2.05) is 42.5 Å². The second-order valence-electron chi connectivity index (χ2n) is 32.0. The number of benzene rings is 18. The van der Waals surface area contributed by atoms with E-state index in [0.29, 0.717) is 0 Å². The van der Waals surface area contributed by atoms with Crippen molar-refractivity contribution in [2.45, 2.75) is 62.3 Å². The lowest BCUT2D eigenvalue weighted by atomic mass is 10.2. The molecule has 18 aromatic rings. The van der Waals surface area contributed by atoms with Gasteiger partial charge in [0, 0.05) is 0 Å². The first kappa shape index (κ1) is 96.2. The van der Waals surface area contributed by atoms with Crippen molar-refractivity contribution < 1.29 is 14.2 Å². The third-order valence-electron chi connectivity index (χ3n) is 22.2. The molecule has 0 saturated carbocycles. The van der Waals surface area contributed by atoms with Crippen LogP contribution in [0.15, 0.2) is 474 Å². The molecule has 0 radical (unpaired) electrons. The van der Waals surface area contributed by atoms with Gasteiger partial charge in [-0.2, -0.15) is 0 Å². The van der Waals surface area contributed by atoms with Crippen LogP contribution in [0.5, 0.6) is 17.2 Å². The molecule has 3 nitrogen and oxygen atoms in total. The molecular weight excluding hydrogens is 1700 g/mol. The minimum absolute atomic E-state index is 0.446. The Morgan fingerprint density at radius 1 is 0.168 bits per heavy atom. The second kappa shape index (κ2) is 49.6. The van der Waals surface area contributed by atoms with Crippen LogP contribution in [0, 0.1) is 62.3 Å². The van der Waals surface area contributed by atoms with Gasteiger partial charge in [0.25, 0.3) is 0 Å². The average Bonchev–Trinajstić information content (AvgIpc) is 0.797. The lowest BCUT2D eigenvalue weighted by Gasteiger charge is -2.24. The molecule has 652 valence electrons. The van der Waals surface area contributed by atoms with Crippen molar-refractivity contribution in [1.29, 1.82) is 0 Å². The van der Waals surface area contributed by atoms with E-state index in [2.05, 4.69) is 500 Å². The van der Waals surface area contributed by atoms with Gasteiger partial charge in [0.05, 0.1) is 21.3 Å². The number of hydrogen-bond donors (Lipinski definition) is 0. The molecule has 0 aromatic heterocycles. The van der Waals surface area contributed by atoms with Crippen molar-refractivity contribution in [3.63, 3.8) is 0 Å². The highest BCUT2D eigenvalue weighted by molar-refractivity contribution is 7.82.